The number of sulfonamides is 1. The first-order valence-corrected chi connectivity index (χ1v) is 12.0. The fraction of sp³-hybridized carbons (Fsp3) is 0.269. The molecule has 3 aromatic rings. The van der Waals surface area contributed by atoms with Gasteiger partial charge in [-0.15, -0.1) is 0 Å². The predicted molar refractivity (Wildman–Crippen MR) is 131 cm³/mol. The lowest BCUT2D eigenvalue weighted by Gasteiger charge is -2.26. The van der Waals surface area contributed by atoms with Gasteiger partial charge in [-0.2, -0.15) is 0 Å². The average molecular weight is 451 g/mol. The van der Waals surface area contributed by atoms with Gasteiger partial charge in [0, 0.05) is 5.69 Å². The SMILES string of the molecule is Cc1ccc(S(=O)(=O)N(CC(=O)Nc2c(C)cc(C)cc2C)c2cccc(C)c2C)cc1. The summed E-state index contributed by atoms with van der Waals surface area (Å²) in [4.78, 5) is 13.2. The van der Waals surface area contributed by atoms with Crippen LogP contribution in [0.25, 0.3) is 0 Å². The predicted octanol–water partition coefficient (Wildman–Crippen LogP) is 5.37. The summed E-state index contributed by atoms with van der Waals surface area (Å²) in [5.41, 5.74) is 6.94. The van der Waals surface area contributed by atoms with Crippen molar-refractivity contribution in [3.63, 3.8) is 0 Å². The van der Waals surface area contributed by atoms with Gasteiger partial charge in [-0.3, -0.25) is 9.10 Å². The molecule has 3 aromatic carbocycles. The zero-order valence-corrected chi connectivity index (χ0v) is 20.3. The van der Waals surface area contributed by atoms with E-state index >= 15 is 0 Å². The Labute approximate surface area is 191 Å². The van der Waals surface area contributed by atoms with Crippen molar-refractivity contribution in [1.82, 2.24) is 0 Å². The van der Waals surface area contributed by atoms with Crippen molar-refractivity contribution in [1.29, 1.82) is 0 Å². The molecule has 0 aromatic heterocycles. The zero-order chi connectivity index (χ0) is 23.6. The molecule has 0 bridgehead atoms. The number of hydrogen-bond donors (Lipinski definition) is 1. The van der Waals surface area contributed by atoms with Crippen molar-refractivity contribution in [2.45, 2.75) is 46.4 Å². The highest BCUT2D eigenvalue weighted by molar-refractivity contribution is 7.92. The highest BCUT2D eigenvalue weighted by atomic mass is 32.2. The molecule has 0 saturated heterocycles. The number of rotatable bonds is 6. The van der Waals surface area contributed by atoms with E-state index in [0.29, 0.717) is 11.4 Å². The molecular weight excluding hydrogens is 420 g/mol. The number of carbonyl (C=O) groups excluding carboxylic acids is 1. The van der Waals surface area contributed by atoms with Gasteiger partial charge in [-0.25, -0.2) is 8.42 Å². The number of carbonyl (C=O) groups is 1. The number of anilines is 2. The Morgan fingerprint density at radius 2 is 1.41 bits per heavy atom. The molecule has 0 fully saturated rings. The highest BCUT2D eigenvalue weighted by Crippen LogP contribution is 2.29. The van der Waals surface area contributed by atoms with Crippen molar-refractivity contribution in [2.24, 2.45) is 0 Å². The Balaban J connectivity index is 2.03. The van der Waals surface area contributed by atoms with Crippen LogP contribution in [0.1, 0.15) is 33.4 Å². The third-order valence-corrected chi connectivity index (χ3v) is 7.46. The molecular formula is C26H30N2O3S. The molecule has 1 amide bonds. The van der Waals surface area contributed by atoms with Gasteiger partial charge in [0.25, 0.3) is 10.0 Å². The Morgan fingerprint density at radius 3 is 2.00 bits per heavy atom. The molecule has 0 aliphatic rings. The van der Waals surface area contributed by atoms with E-state index in [0.717, 1.165) is 33.4 Å². The minimum absolute atomic E-state index is 0.152. The summed E-state index contributed by atoms with van der Waals surface area (Å²) in [7, 11) is -3.95. The normalized spacial score (nSPS) is 11.3. The summed E-state index contributed by atoms with van der Waals surface area (Å²) in [5.74, 6) is -0.392. The monoisotopic (exact) mass is 450 g/mol. The van der Waals surface area contributed by atoms with E-state index in [9.17, 15) is 13.2 Å². The number of aryl methyl sites for hydroxylation is 5. The maximum atomic E-state index is 13.6. The van der Waals surface area contributed by atoms with E-state index in [-0.39, 0.29) is 11.4 Å². The average Bonchev–Trinajstić information content (AvgIpc) is 2.71. The summed E-state index contributed by atoms with van der Waals surface area (Å²) < 4.78 is 28.4. The molecule has 0 unspecified atom stereocenters. The van der Waals surface area contributed by atoms with Crippen molar-refractivity contribution in [2.75, 3.05) is 16.2 Å². The standard InChI is InChI=1S/C26H30N2O3S/c1-17-10-12-23(13-11-17)32(30,31)28(24-9-7-8-19(3)22(24)6)16-25(29)27-26-20(4)14-18(2)15-21(26)5/h7-15H,16H2,1-6H3,(H,27,29). The topological polar surface area (TPSA) is 66.5 Å². The van der Waals surface area contributed by atoms with Crippen LogP contribution in [0.15, 0.2) is 59.5 Å². The van der Waals surface area contributed by atoms with Gasteiger partial charge in [0.2, 0.25) is 5.91 Å². The first kappa shape index (κ1) is 23.5. The minimum atomic E-state index is -3.95. The molecule has 0 aliphatic carbocycles. The molecule has 6 heteroatoms. The second-order valence-corrected chi connectivity index (χ2v) is 10.2. The van der Waals surface area contributed by atoms with Crippen LogP contribution in [-0.2, 0) is 14.8 Å². The number of amides is 1. The lowest BCUT2D eigenvalue weighted by atomic mass is 10.1. The van der Waals surface area contributed by atoms with Crippen molar-refractivity contribution < 1.29 is 13.2 Å². The second kappa shape index (κ2) is 9.17. The maximum Gasteiger partial charge on any atom is 0.264 e. The molecule has 5 nitrogen and oxygen atoms in total. The third kappa shape index (κ3) is 4.86. The van der Waals surface area contributed by atoms with E-state index in [1.165, 1.54) is 4.31 Å². The maximum absolute atomic E-state index is 13.6. The molecule has 32 heavy (non-hydrogen) atoms. The third-order valence-electron chi connectivity index (χ3n) is 5.68. The van der Waals surface area contributed by atoms with Gasteiger partial charge >= 0.3 is 0 Å². The van der Waals surface area contributed by atoms with Crippen LogP contribution in [0, 0.1) is 41.5 Å². The molecule has 3 rings (SSSR count). The van der Waals surface area contributed by atoms with Crippen LogP contribution in [0.2, 0.25) is 0 Å². The number of nitrogens with zero attached hydrogens (tertiary/aromatic N) is 1. The highest BCUT2D eigenvalue weighted by Gasteiger charge is 2.29. The quantitative estimate of drug-likeness (QED) is 0.549. The van der Waals surface area contributed by atoms with Gasteiger partial charge in [-0.05, 0) is 82.0 Å². The summed E-state index contributed by atoms with van der Waals surface area (Å²) in [6, 6.07) is 16.1. The number of hydrogen-bond acceptors (Lipinski definition) is 3. The Hall–Kier alpha value is -3.12. The lowest BCUT2D eigenvalue weighted by Crippen LogP contribution is -2.38. The van der Waals surface area contributed by atoms with Crippen molar-refractivity contribution in [3.8, 4) is 0 Å². The number of benzene rings is 3. The van der Waals surface area contributed by atoms with Crippen molar-refractivity contribution in [3.05, 3.63) is 88.0 Å². The fourth-order valence-electron chi connectivity index (χ4n) is 3.83. The van der Waals surface area contributed by atoms with E-state index < -0.39 is 15.9 Å². The van der Waals surface area contributed by atoms with Crippen LogP contribution in [-0.4, -0.2) is 20.9 Å². The molecule has 0 spiro atoms. The molecule has 0 radical (unpaired) electrons. The van der Waals surface area contributed by atoms with E-state index in [4.69, 9.17) is 0 Å². The Kier molecular flexibility index (Phi) is 6.74. The molecule has 1 N–H and O–H groups in total. The van der Waals surface area contributed by atoms with Crippen LogP contribution in [0.5, 0.6) is 0 Å². The van der Waals surface area contributed by atoms with Crippen LogP contribution in [0.3, 0.4) is 0 Å². The van der Waals surface area contributed by atoms with Gasteiger partial charge < -0.3 is 5.32 Å². The Bertz CT molecular complexity index is 1240. The molecule has 168 valence electrons. The van der Waals surface area contributed by atoms with Crippen LogP contribution in [0.4, 0.5) is 11.4 Å². The molecule has 0 atom stereocenters. The minimum Gasteiger partial charge on any atom is -0.324 e. The Morgan fingerprint density at radius 1 is 0.812 bits per heavy atom. The summed E-state index contributed by atoms with van der Waals surface area (Å²) in [6.45, 7) is 11.2. The zero-order valence-electron chi connectivity index (χ0n) is 19.5. The lowest BCUT2D eigenvalue weighted by molar-refractivity contribution is -0.114. The summed E-state index contributed by atoms with van der Waals surface area (Å²) in [6.07, 6.45) is 0. The fourth-order valence-corrected chi connectivity index (χ4v) is 5.31. The molecule has 0 heterocycles. The second-order valence-electron chi connectivity index (χ2n) is 8.37. The van der Waals surface area contributed by atoms with E-state index in [1.807, 2.05) is 65.8 Å². The smallest absolute Gasteiger partial charge is 0.264 e. The largest absolute Gasteiger partial charge is 0.324 e. The van der Waals surface area contributed by atoms with Crippen molar-refractivity contribution >= 4 is 27.3 Å². The summed E-state index contributed by atoms with van der Waals surface area (Å²) in [5, 5.41) is 2.93. The molecule has 0 aliphatic heterocycles. The van der Waals surface area contributed by atoms with E-state index in [2.05, 4.69) is 5.32 Å². The van der Waals surface area contributed by atoms with Gasteiger partial charge in [0.05, 0.1) is 10.6 Å². The van der Waals surface area contributed by atoms with E-state index in [1.54, 1.807) is 30.3 Å². The first-order valence-electron chi connectivity index (χ1n) is 10.5. The first-order chi connectivity index (χ1) is 15.0. The van der Waals surface area contributed by atoms with Gasteiger partial charge in [-0.1, -0.05) is 47.5 Å². The molecule has 0 saturated carbocycles. The van der Waals surface area contributed by atoms with Crippen LogP contribution < -0.4 is 9.62 Å². The number of nitrogens with one attached hydrogen (secondary N) is 1. The van der Waals surface area contributed by atoms with Crippen LogP contribution >= 0.6 is 0 Å². The van der Waals surface area contributed by atoms with Gasteiger partial charge in [0.15, 0.2) is 0 Å². The summed E-state index contributed by atoms with van der Waals surface area (Å²) >= 11 is 0. The van der Waals surface area contributed by atoms with Gasteiger partial charge in [0.1, 0.15) is 6.54 Å².